The van der Waals surface area contributed by atoms with E-state index in [9.17, 15) is 18.8 Å². The Kier molecular flexibility index (Phi) is 11.6. The van der Waals surface area contributed by atoms with Crippen molar-refractivity contribution in [1.29, 1.82) is 0 Å². The van der Waals surface area contributed by atoms with E-state index in [0.29, 0.717) is 47.2 Å². The van der Waals surface area contributed by atoms with Gasteiger partial charge in [0.15, 0.2) is 5.43 Å². The van der Waals surface area contributed by atoms with Gasteiger partial charge in [0.05, 0.1) is 23.8 Å². The average molecular weight is 587 g/mol. The van der Waals surface area contributed by atoms with E-state index < -0.39 is 0 Å². The number of nitrogens with zero attached hydrogens (tertiary/aromatic N) is 2. The highest BCUT2D eigenvalue weighted by Crippen LogP contribution is 2.16. The third kappa shape index (κ3) is 8.85. The van der Waals surface area contributed by atoms with Gasteiger partial charge in [-0.1, -0.05) is 56.2 Å². The van der Waals surface area contributed by atoms with Crippen LogP contribution in [0.25, 0.3) is 11.0 Å². The standard InChI is InChI=1S/C35H39FN2O5/c1-3-4-5-9-26-12-16-28(17-13-26)35(41)37(20-8-21-42-2)24-33(39)38(22-27-14-18-30(36)19-15-27)23-29-25-43-32-11-7-6-10-31(32)34(29)40/h6-7,10-19,25H,3-5,8-9,20-24H2,1-2H3. The van der Waals surface area contributed by atoms with E-state index in [0.717, 1.165) is 25.7 Å². The second-order valence-corrected chi connectivity index (χ2v) is 10.7. The zero-order chi connectivity index (χ0) is 30.6. The fourth-order valence-electron chi connectivity index (χ4n) is 4.97. The molecule has 0 aliphatic rings. The molecule has 8 heteroatoms. The lowest BCUT2D eigenvalue weighted by molar-refractivity contribution is -0.133. The van der Waals surface area contributed by atoms with E-state index in [2.05, 4.69) is 6.92 Å². The minimum Gasteiger partial charge on any atom is -0.464 e. The number of rotatable bonds is 15. The predicted molar refractivity (Wildman–Crippen MR) is 165 cm³/mol. The largest absolute Gasteiger partial charge is 0.464 e. The molecular weight excluding hydrogens is 547 g/mol. The van der Waals surface area contributed by atoms with Crippen molar-refractivity contribution < 1.29 is 23.1 Å². The number of hydrogen-bond donors (Lipinski definition) is 0. The number of fused-ring (bicyclic) bond motifs is 1. The van der Waals surface area contributed by atoms with Crippen molar-refractivity contribution in [2.75, 3.05) is 26.8 Å². The van der Waals surface area contributed by atoms with Crippen LogP contribution in [0.3, 0.4) is 0 Å². The molecule has 4 aromatic rings. The van der Waals surface area contributed by atoms with Crippen molar-refractivity contribution >= 4 is 22.8 Å². The molecule has 0 aliphatic carbocycles. The summed E-state index contributed by atoms with van der Waals surface area (Å²) in [4.78, 5) is 43.8. The van der Waals surface area contributed by atoms with Crippen LogP contribution in [-0.4, -0.2) is 48.4 Å². The first-order chi connectivity index (χ1) is 20.9. The summed E-state index contributed by atoms with van der Waals surface area (Å²) in [6.45, 7) is 2.82. The molecule has 43 heavy (non-hydrogen) atoms. The molecule has 0 saturated heterocycles. The van der Waals surface area contributed by atoms with Crippen molar-refractivity contribution in [2.45, 2.75) is 52.1 Å². The van der Waals surface area contributed by atoms with Gasteiger partial charge in [-0.05, 0) is 66.8 Å². The number of ether oxygens (including phenoxy) is 1. The Morgan fingerprint density at radius 3 is 2.30 bits per heavy atom. The molecule has 4 rings (SSSR count). The number of para-hydroxylation sites is 1. The highest BCUT2D eigenvalue weighted by Gasteiger charge is 2.24. The van der Waals surface area contributed by atoms with Crippen molar-refractivity contribution in [3.05, 3.63) is 117 Å². The van der Waals surface area contributed by atoms with E-state index >= 15 is 0 Å². The maximum Gasteiger partial charge on any atom is 0.254 e. The van der Waals surface area contributed by atoms with Crippen LogP contribution in [0.4, 0.5) is 4.39 Å². The number of amides is 2. The Labute approximate surface area is 251 Å². The maximum atomic E-state index is 13.9. The van der Waals surface area contributed by atoms with E-state index in [1.165, 1.54) is 33.8 Å². The van der Waals surface area contributed by atoms with Crippen LogP contribution in [0.5, 0.6) is 0 Å². The summed E-state index contributed by atoms with van der Waals surface area (Å²) in [5.74, 6) is -0.988. The Hall–Kier alpha value is -4.30. The van der Waals surface area contributed by atoms with E-state index in [-0.39, 0.29) is 42.7 Å². The Morgan fingerprint density at radius 1 is 0.860 bits per heavy atom. The number of halogens is 1. The van der Waals surface area contributed by atoms with E-state index in [1.807, 2.05) is 24.3 Å². The molecule has 226 valence electrons. The van der Waals surface area contributed by atoms with Gasteiger partial charge in [0.25, 0.3) is 5.91 Å². The van der Waals surface area contributed by atoms with Gasteiger partial charge >= 0.3 is 0 Å². The van der Waals surface area contributed by atoms with Gasteiger partial charge in [0.2, 0.25) is 5.91 Å². The number of hydrogen-bond acceptors (Lipinski definition) is 5. The number of benzene rings is 3. The maximum absolute atomic E-state index is 13.9. The van der Waals surface area contributed by atoms with Crippen LogP contribution in [0.15, 0.2) is 88.3 Å². The molecule has 0 fully saturated rings. The van der Waals surface area contributed by atoms with Crippen LogP contribution in [0.2, 0.25) is 0 Å². The summed E-state index contributed by atoms with van der Waals surface area (Å²) in [6.07, 6.45) is 6.28. The third-order valence-corrected chi connectivity index (χ3v) is 7.41. The fraction of sp³-hybridized carbons (Fsp3) is 0.343. The van der Waals surface area contributed by atoms with Crippen molar-refractivity contribution in [3.63, 3.8) is 0 Å². The first-order valence-corrected chi connectivity index (χ1v) is 14.8. The molecule has 0 unspecified atom stereocenters. The molecule has 0 saturated carbocycles. The summed E-state index contributed by atoms with van der Waals surface area (Å²) in [5.41, 5.74) is 2.90. The molecule has 0 N–H and O–H groups in total. The van der Waals surface area contributed by atoms with Crippen molar-refractivity contribution in [2.24, 2.45) is 0 Å². The lowest BCUT2D eigenvalue weighted by Crippen LogP contribution is -2.43. The number of carbonyl (C=O) groups excluding carboxylic acids is 2. The minimum atomic E-state index is -0.386. The summed E-state index contributed by atoms with van der Waals surface area (Å²) in [7, 11) is 1.59. The molecule has 0 radical (unpaired) electrons. The number of methoxy groups -OCH3 is 1. The summed E-state index contributed by atoms with van der Waals surface area (Å²) >= 11 is 0. The molecular formula is C35H39FN2O5. The van der Waals surface area contributed by atoms with Crippen LogP contribution >= 0.6 is 0 Å². The highest BCUT2D eigenvalue weighted by atomic mass is 19.1. The molecule has 1 heterocycles. The third-order valence-electron chi connectivity index (χ3n) is 7.41. The van der Waals surface area contributed by atoms with Crippen LogP contribution in [-0.2, 0) is 29.0 Å². The van der Waals surface area contributed by atoms with Gasteiger partial charge in [-0.3, -0.25) is 14.4 Å². The average Bonchev–Trinajstić information content (AvgIpc) is 3.02. The normalized spacial score (nSPS) is 11.0. The number of carbonyl (C=O) groups is 2. The SMILES string of the molecule is CCCCCc1ccc(C(=O)N(CCCOC)CC(=O)N(Cc2ccc(F)cc2)Cc2coc3ccccc3c2=O)cc1. The quantitative estimate of drug-likeness (QED) is 0.151. The van der Waals surface area contributed by atoms with Gasteiger partial charge < -0.3 is 19.0 Å². The molecule has 0 atom stereocenters. The zero-order valence-corrected chi connectivity index (χ0v) is 24.9. The van der Waals surface area contributed by atoms with Crippen LogP contribution < -0.4 is 5.43 Å². The molecule has 2 amide bonds. The second kappa shape index (κ2) is 15.8. The summed E-state index contributed by atoms with van der Waals surface area (Å²) in [5, 5.41) is 0.420. The Bertz CT molecular complexity index is 1550. The van der Waals surface area contributed by atoms with Crippen molar-refractivity contribution in [1.82, 2.24) is 9.80 Å². The number of unbranched alkanes of at least 4 members (excludes halogenated alkanes) is 2. The topological polar surface area (TPSA) is 80.1 Å². The van der Waals surface area contributed by atoms with Gasteiger partial charge in [-0.25, -0.2) is 4.39 Å². The monoisotopic (exact) mass is 586 g/mol. The predicted octanol–water partition coefficient (Wildman–Crippen LogP) is 6.37. The van der Waals surface area contributed by atoms with Crippen LogP contribution in [0.1, 0.15) is 59.7 Å². The minimum absolute atomic E-state index is 0.0318. The highest BCUT2D eigenvalue weighted by molar-refractivity contribution is 5.96. The smallest absolute Gasteiger partial charge is 0.254 e. The Morgan fingerprint density at radius 2 is 1.58 bits per heavy atom. The lowest BCUT2D eigenvalue weighted by Gasteiger charge is -2.28. The van der Waals surface area contributed by atoms with Gasteiger partial charge in [0.1, 0.15) is 17.9 Å². The van der Waals surface area contributed by atoms with Crippen LogP contribution in [0, 0.1) is 5.82 Å². The first kappa shape index (κ1) is 31.6. The first-order valence-electron chi connectivity index (χ1n) is 14.8. The molecule has 0 spiro atoms. The Balaban J connectivity index is 1.57. The van der Waals surface area contributed by atoms with Gasteiger partial charge in [0, 0.05) is 32.4 Å². The summed E-state index contributed by atoms with van der Waals surface area (Å²) < 4.78 is 24.5. The molecule has 7 nitrogen and oxygen atoms in total. The van der Waals surface area contributed by atoms with Gasteiger partial charge in [-0.15, -0.1) is 0 Å². The molecule has 0 aliphatic heterocycles. The van der Waals surface area contributed by atoms with Crippen molar-refractivity contribution in [3.8, 4) is 0 Å². The molecule has 3 aromatic carbocycles. The molecule has 0 bridgehead atoms. The summed E-state index contributed by atoms with van der Waals surface area (Å²) in [6, 6.07) is 20.4. The fourth-order valence-corrected chi connectivity index (χ4v) is 4.97. The molecule has 1 aromatic heterocycles. The van der Waals surface area contributed by atoms with E-state index in [4.69, 9.17) is 9.15 Å². The van der Waals surface area contributed by atoms with E-state index in [1.54, 1.807) is 43.5 Å². The second-order valence-electron chi connectivity index (χ2n) is 10.7. The lowest BCUT2D eigenvalue weighted by atomic mass is 10.0. The van der Waals surface area contributed by atoms with Gasteiger partial charge in [-0.2, -0.15) is 0 Å². The number of aryl methyl sites for hydroxylation is 1. The zero-order valence-electron chi connectivity index (χ0n) is 24.9.